The van der Waals surface area contributed by atoms with Crippen molar-refractivity contribution < 1.29 is 9.59 Å². The van der Waals surface area contributed by atoms with Gasteiger partial charge in [0.15, 0.2) is 0 Å². The van der Waals surface area contributed by atoms with Crippen molar-refractivity contribution in [3.8, 4) is 10.6 Å². The zero-order valence-corrected chi connectivity index (χ0v) is 16.4. The van der Waals surface area contributed by atoms with Gasteiger partial charge in [0.25, 0.3) is 11.8 Å². The molecule has 3 aromatic rings. The molecule has 4 rings (SSSR count). The SMILES string of the molecule is Cn1cc(-c2nc(C(=O)Nc3ccccc3C(=O)N3CCCCC3)cs2)cn1. The van der Waals surface area contributed by atoms with Crippen molar-refractivity contribution in [3.05, 3.63) is 53.3 Å². The van der Waals surface area contributed by atoms with Gasteiger partial charge < -0.3 is 10.2 Å². The van der Waals surface area contributed by atoms with Crippen LogP contribution in [0, 0.1) is 0 Å². The molecule has 1 aromatic carbocycles. The van der Waals surface area contributed by atoms with Crippen LogP contribution in [-0.4, -0.2) is 44.6 Å². The Kier molecular flexibility index (Phi) is 5.21. The highest BCUT2D eigenvalue weighted by Gasteiger charge is 2.22. The van der Waals surface area contributed by atoms with Gasteiger partial charge in [-0.15, -0.1) is 11.3 Å². The molecule has 1 aliphatic rings. The molecule has 0 unspecified atom stereocenters. The Morgan fingerprint density at radius 3 is 2.68 bits per heavy atom. The Hall–Kier alpha value is -3.00. The molecule has 28 heavy (non-hydrogen) atoms. The first kappa shape index (κ1) is 18.4. The van der Waals surface area contributed by atoms with Gasteiger partial charge in [0.05, 0.1) is 17.4 Å². The van der Waals surface area contributed by atoms with Crippen molar-refractivity contribution in [2.75, 3.05) is 18.4 Å². The van der Waals surface area contributed by atoms with Crippen molar-refractivity contribution >= 4 is 28.8 Å². The van der Waals surface area contributed by atoms with Crippen LogP contribution in [0.25, 0.3) is 10.6 Å². The van der Waals surface area contributed by atoms with Crippen LogP contribution in [0.5, 0.6) is 0 Å². The van der Waals surface area contributed by atoms with E-state index in [2.05, 4.69) is 15.4 Å². The van der Waals surface area contributed by atoms with E-state index in [1.807, 2.05) is 30.3 Å². The van der Waals surface area contributed by atoms with Crippen molar-refractivity contribution in [2.24, 2.45) is 7.05 Å². The van der Waals surface area contributed by atoms with Crippen LogP contribution in [0.1, 0.15) is 40.1 Å². The first-order valence-electron chi connectivity index (χ1n) is 9.26. The largest absolute Gasteiger partial charge is 0.339 e. The Labute approximate surface area is 167 Å². The second-order valence-electron chi connectivity index (χ2n) is 6.79. The molecule has 1 N–H and O–H groups in total. The predicted molar refractivity (Wildman–Crippen MR) is 108 cm³/mol. The minimum absolute atomic E-state index is 0.0371. The van der Waals surface area contributed by atoms with E-state index in [0.29, 0.717) is 16.9 Å². The molecule has 7 nitrogen and oxygen atoms in total. The molecule has 1 saturated heterocycles. The van der Waals surface area contributed by atoms with Gasteiger partial charge in [-0.05, 0) is 31.4 Å². The third kappa shape index (κ3) is 3.82. The number of nitrogens with one attached hydrogen (secondary N) is 1. The number of aromatic nitrogens is 3. The van der Waals surface area contributed by atoms with Gasteiger partial charge in [-0.2, -0.15) is 5.10 Å². The smallest absolute Gasteiger partial charge is 0.275 e. The molecule has 2 aromatic heterocycles. The summed E-state index contributed by atoms with van der Waals surface area (Å²) in [7, 11) is 1.83. The van der Waals surface area contributed by atoms with E-state index < -0.39 is 0 Å². The number of carbonyl (C=O) groups excluding carboxylic acids is 2. The van der Waals surface area contributed by atoms with Gasteiger partial charge in [0, 0.05) is 37.3 Å². The lowest BCUT2D eigenvalue weighted by molar-refractivity contribution is 0.0725. The zero-order valence-electron chi connectivity index (χ0n) is 15.6. The van der Waals surface area contributed by atoms with E-state index in [1.165, 1.54) is 11.3 Å². The van der Waals surface area contributed by atoms with E-state index in [9.17, 15) is 9.59 Å². The molecule has 0 bridgehead atoms. The highest BCUT2D eigenvalue weighted by atomic mass is 32.1. The summed E-state index contributed by atoms with van der Waals surface area (Å²) in [4.78, 5) is 31.9. The average molecular weight is 395 g/mol. The molecule has 1 aliphatic heterocycles. The van der Waals surface area contributed by atoms with E-state index >= 15 is 0 Å². The van der Waals surface area contributed by atoms with E-state index in [-0.39, 0.29) is 11.8 Å². The second-order valence-corrected chi connectivity index (χ2v) is 7.65. The van der Waals surface area contributed by atoms with Gasteiger partial charge in [-0.25, -0.2) is 4.98 Å². The molecule has 1 fully saturated rings. The summed E-state index contributed by atoms with van der Waals surface area (Å²) < 4.78 is 1.69. The highest BCUT2D eigenvalue weighted by Crippen LogP contribution is 2.25. The van der Waals surface area contributed by atoms with E-state index in [4.69, 9.17) is 0 Å². The summed E-state index contributed by atoms with van der Waals surface area (Å²) >= 11 is 1.39. The lowest BCUT2D eigenvalue weighted by Crippen LogP contribution is -2.36. The number of amides is 2. The lowest BCUT2D eigenvalue weighted by Gasteiger charge is -2.27. The average Bonchev–Trinajstić information content (AvgIpc) is 3.38. The quantitative estimate of drug-likeness (QED) is 0.734. The summed E-state index contributed by atoms with van der Waals surface area (Å²) in [5, 5.41) is 9.43. The first-order chi connectivity index (χ1) is 13.6. The predicted octanol–water partition coefficient (Wildman–Crippen LogP) is 3.42. The number of benzene rings is 1. The molecule has 144 valence electrons. The van der Waals surface area contributed by atoms with E-state index in [0.717, 1.165) is 42.9 Å². The normalized spacial score (nSPS) is 14.1. The molecule has 0 atom stereocenters. The van der Waals surface area contributed by atoms with Crippen LogP contribution in [0.15, 0.2) is 42.0 Å². The maximum absolute atomic E-state index is 12.9. The minimum atomic E-state index is -0.328. The minimum Gasteiger partial charge on any atom is -0.339 e. The number of rotatable bonds is 4. The lowest BCUT2D eigenvalue weighted by atomic mass is 10.1. The number of piperidine rings is 1. The monoisotopic (exact) mass is 395 g/mol. The van der Waals surface area contributed by atoms with Crippen molar-refractivity contribution in [1.29, 1.82) is 0 Å². The highest BCUT2D eigenvalue weighted by molar-refractivity contribution is 7.13. The van der Waals surface area contributed by atoms with Crippen LogP contribution in [0.2, 0.25) is 0 Å². The summed E-state index contributed by atoms with van der Waals surface area (Å²) in [6.45, 7) is 1.53. The third-order valence-electron chi connectivity index (χ3n) is 4.74. The summed E-state index contributed by atoms with van der Waals surface area (Å²) in [6, 6.07) is 7.14. The van der Waals surface area contributed by atoms with Crippen molar-refractivity contribution in [3.63, 3.8) is 0 Å². The molecule has 2 amide bonds. The number of anilines is 1. The van der Waals surface area contributed by atoms with Crippen molar-refractivity contribution in [2.45, 2.75) is 19.3 Å². The first-order valence-corrected chi connectivity index (χ1v) is 10.1. The Bertz CT molecular complexity index is 1000. The van der Waals surface area contributed by atoms with Crippen LogP contribution in [0.3, 0.4) is 0 Å². The van der Waals surface area contributed by atoms with Gasteiger partial charge in [-0.3, -0.25) is 14.3 Å². The maximum atomic E-state index is 12.9. The fraction of sp³-hybridized carbons (Fsp3) is 0.300. The second kappa shape index (κ2) is 7.93. The molecule has 8 heteroatoms. The number of aryl methyl sites for hydroxylation is 1. The number of thiazole rings is 1. The summed E-state index contributed by atoms with van der Waals surface area (Å²) in [6.07, 6.45) is 6.78. The molecule has 0 radical (unpaired) electrons. The molecule has 0 aliphatic carbocycles. The van der Waals surface area contributed by atoms with Crippen LogP contribution in [0.4, 0.5) is 5.69 Å². The molecule has 0 spiro atoms. The summed E-state index contributed by atoms with van der Waals surface area (Å²) in [5.74, 6) is -0.366. The van der Waals surface area contributed by atoms with Gasteiger partial charge in [-0.1, -0.05) is 12.1 Å². The third-order valence-corrected chi connectivity index (χ3v) is 5.63. The van der Waals surface area contributed by atoms with Gasteiger partial charge in [0.2, 0.25) is 0 Å². The molecular formula is C20H21N5O2S. The van der Waals surface area contributed by atoms with Crippen LogP contribution in [-0.2, 0) is 7.05 Å². The number of carbonyl (C=O) groups is 2. The fourth-order valence-electron chi connectivity index (χ4n) is 3.27. The maximum Gasteiger partial charge on any atom is 0.275 e. The Balaban J connectivity index is 1.52. The number of nitrogens with zero attached hydrogens (tertiary/aromatic N) is 4. The van der Waals surface area contributed by atoms with Gasteiger partial charge in [0.1, 0.15) is 10.7 Å². The number of para-hydroxylation sites is 1. The number of likely N-dealkylation sites (tertiary alicyclic amines) is 1. The Morgan fingerprint density at radius 1 is 1.14 bits per heavy atom. The van der Waals surface area contributed by atoms with Crippen LogP contribution >= 0.6 is 11.3 Å². The van der Waals surface area contributed by atoms with Crippen LogP contribution < -0.4 is 5.32 Å². The van der Waals surface area contributed by atoms with Gasteiger partial charge >= 0.3 is 0 Å². The Morgan fingerprint density at radius 2 is 1.93 bits per heavy atom. The zero-order chi connectivity index (χ0) is 19.5. The van der Waals surface area contributed by atoms with Crippen molar-refractivity contribution in [1.82, 2.24) is 19.7 Å². The standard InChI is InChI=1S/C20H21N5O2S/c1-24-12-14(11-21-24)19-23-17(13-28-19)18(26)22-16-8-4-3-7-15(16)20(27)25-9-5-2-6-10-25/h3-4,7-8,11-13H,2,5-6,9-10H2,1H3,(H,22,26). The summed E-state index contributed by atoms with van der Waals surface area (Å²) in [5.41, 5.74) is 2.22. The fourth-order valence-corrected chi connectivity index (χ4v) is 4.05. The molecular weight excluding hydrogens is 374 g/mol. The topological polar surface area (TPSA) is 80.1 Å². The van der Waals surface area contributed by atoms with E-state index in [1.54, 1.807) is 28.4 Å². The molecule has 3 heterocycles. The number of hydrogen-bond donors (Lipinski definition) is 1. The number of hydrogen-bond acceptors (Lipinski definition) is 5. The molecule has 0 saturated carbocycles.